The van der Waals surface area contributed by atoms with E-state index in [0.29, 0.717) is 5.02 Å². The number of aromatic amines is 1. The van der Waals surface area contributed by atoms with Crippen LogP contribution in [0.2, 0.25) is 5.02 Å². The van der Waals surface area contributed by atoms with E-state index in [-0.39, 0.29) is 23.5 Å². The van der Waals surface area contributed by atoms with Gasteiger partial charge in [0.05, 0.1) is 4.47 Å². The molecule has 0 saturated heterocycles. The zero-order chi connectivity index (χ0) is 15.4. The van der Waals surface area contributed by atoms with Crippen molar-refractivity contribution < 1.29 is 4.79 Å². The van der Waals surface area contributed by atoms with Gasteiger partial charge < -0.3 is 5.32 Å². The first-order valence-corrected chi connectivity index (χ1v) is 7.14. The maximum absolute atomic E-state index is 11.8. The summed E-state index contributed by atoms with van der Waals surface area (Å²) >= 11 is 8.98. The summed E-state index contributed by atoms with van der Waals surface area (Å²) in [6.45, 7) is 0.0659. The van der Waals surface area contributed by atoms with E-state index in [9.17, 15) is 14.4 Å². The predicted octanol–water partition coefficient (Wildman–Crippen LogP) is 1.27. The number of nitrogens with zero attached hydrogens (tertiary/aromatic N) is 1. The third kappa shape index (κ3) is 4.05. The number of benzene rings is 1. The first kappa shape index (κ1) is 15.5. The van der Waals surface area contributed by atoms with Crippen molar-refractivity contribution in [3.05, 3.63) is 66.4 Å². The zero-order valence-electron chi connectivity index (χ0n) is 10.7. The summed E-state index contributed by atoms with van der Waals surface area (Å²) < 4.78 is 1.29. The largest absolute Gasteiger partial charge is 0.350 e. The SMILES string of the molecule is O=C(Cn1cc(Br)c(=O)[nH]c1=O)NCc1ccccc1Cl. The second-order valence-corrected chi connectivity index (χ2v) is 5.49. The van der Waals surface area contributed by atoms with Gasteiger partial charge in [0, 0.05) is 17.8 Å². The van der Waals surface area contributed by atoms with Gasteiger partial charge in [-0.15, -0.1) is 0 Å². The molecule has 6 nitrogen and oxygen atoms in total. The molecule has 2 rings (SSSR count). The van der Waals surface area contributed by atoms with Gasteiger partial charge in [-0.25, -0.2) is 4.79 Å². The Kier molecular flexibility index (Phi) is 4.98. The quantitative estimate of drug-likeness (QED) is 0.848. The fourth-order valence-corrected chi connectivity index (χ4v) is 2.20. The molecule has 0 saturated carbocycles. The van der Waals surface area contributed by atoms with E-state index in [4.69, 9.17) is 11.6 Å². The van der Waals surface area contributed by atoms with Gasteiger partial charge in [-0.05, 0) is 27.6 Å². The van der Waals surface area contributed by atoms with Gasteiger partial charge in [-0.2, -0.15) is 0 Å². The molecule has 1 aromatic heterocycles. The fourth-order valence-electron chi connectivity index (χ4n) is 1.65. The molecule has 2 aromatic rings. The van der Waals surface area contributed by atoms with Gasteiger partial charge in [-0.3, -0.25) is 19.1 Å². The number of carbonyl (C=O) groups is 1. The van der Waals surface area contributed by atoms with Crippen molar-refractivity contribution in [3.63, 3.8) is 0 Å². The molecule has 110 valence electrons. The summed E-state index contributed by atoms with van der Waals surface area (Å²) in [6, 6.07) is 7.14. The maximum Gasteiger partial charge on any atom is 0.328 e. The highest BCUT2D eigenvalue weighted by molar-refractivity contribution is 9.10. The van der Waals surface area contributed by atoms with E-state index in [1.54, 1.807) is 18.2 Å². The van der Waals surface area contributed by atoms with E-state index in [2.05, 4.69) is 26.2 Å². The Morgan fingerprint density at radius 1 is 1.33 bits per heavy atom. The molecule has 0 bridgehead atoms. The van der Waals surface area contributed by atoms with E-state index < -0.39 is 11.2 Å². The predicted molar refractivity (Wildman–Crippen MR) is 82.3 cm³/mol. The molecule has 1 aromatic carbocycles. The maximum atomic E-state index is 11.8. The van der Waals surface area contributed by atoms with Crippen LogP contribution in [0.1, 0.15) is 5.56 Å². The lowest BCUT2D eigenvalue weighted by atomic mass is 10.2. The smallest absolute Gasteiger partial charge is 0.328 e. The Hall–Kier alpha value is -1.86. The van der Waals surface area contributed by atoms with E-state index in [1.807, 2.05) is 6.07 Å². The summed E-state index contributed by atoms with van der Waals surface area (Å²) in [7, 11) is 0. The van der Waals surface area contributed by atoms with Gasteiger partial charge in [-0.1, -0.05) is 29.8 Å². The average Bonchev–Trinajstić information content (AvgIpc) is 2.44. The van der Waals surface area contributed by atoms with Crippen LogP contribution in [0.25, 0.3) is 0 Å². The molecule has 0 spiro atoms. The number of rotatable bonds is 4. The molecule has 8 heteroatoms. The monoisotopic (exact) mass is 371 g/mol. The van der Waals surface area contributed by atoms with Crippen molar-refractivity contribution in [2.75, 3.05) is 0 Å². The van der Waals surface area contributed by atoms with E-state index in [1.165, 1.54) is 6.20 Å². The molecule has 2 N–H and O–H groups in total. The Morgan fingerprint density at radius 2 is 2.05 bits per heavy atom. The number of carbonyl (C=O) groups excluding carboxylic acids is 1. The van der Waals surface area contributed by atoms with Crippen LogP contribution in [0.4, 0.5) is 0 Å². The molecular weight excluding hydrogens is 362 g/mol. The lowest BCUT2D eigenvalue weighted by Crippen LogP contribution is -2.35. The Bertz CT molecular complexity index is 785. The molecule has 0 unspecified atom stereocenters. The minimum absolute atomic E-state index is 0.181. The van der Waals surface area contributed by atoms with Gasteiger partial charge in [0.25, 0.3) is 5.56 Å². The summed E-state index contributed by atoms with van der Waals surface area (Å²) in [5, 5.41) is 3.22. The summed E-state index contributed by atoms with van der Waals surface area (Å²) in [5.74, 6) is -0.365. The molecule has 0 fully saturated rings. The minimum atomic E-state index is -0.643. The summed E-state index contributed by atoms with van der Waals surface area (Å²) in [6.07, 6.45) is 1.27. The number of amides is 1. The van der Waals surface area contributed by atoms with Crippen LogP contribution < -0.4 is 16.6 Å². The third-order valence-corrected chi connectivity index (χ3v) is 3.65. The van der Waals surface area contributed by atoms with Gasteiger partial charge in [0.15, 0.2) is 0 Å². The molecule has 0 aliphatic carbocycles. The van der Waals surface area contributed by atoms with Crippen molar-refractivity contribution in [1.29, 1.82) is 0 Å². The van der Waals surface area contributed by atoms with Crippen molar-refractivity contribution >= 4 is 33.4 Å². The highest BCUT2D eigenvalue weighted by atomic mass is 79.9. The normalized spacial score (nSPS) is 10.4. The van der Waals surface area contributed by atoms with Crippen LogP contribution >= 0.6 is 27.5 Å². The number of hydrogen-bond acceptors (Lipinski definition) is 3. The molecule has 0 aliphatic rings. The zero-order valence-corrected chi connectivity index (χ0v) is 13.1. The molecule has 0 atom stereocenters. The summed E-state index contributed by atoms with van der Waals surface area (Å²) in [4.78, 5) is 36.7. The highest BCUT2D eigenvalue weighted by Crippen LogP contribution is 2.14. The molecule has 21 heavy (non-hydrogen) atoms. The van der Waals surface area contributed by atoms with E-state index >= 15 is 0 Å². The molecule has 1 amide bonds. The average molecular weight is 373 g/mol. The van der Waals surface area contributed by atoms with Crippen molar-refractivity contribution in [2.45, 2.75) is 13.1 Å². The third-order valence-electron chi connectivity index (χ3n) is 2.72. The second kappa shape index (κ2) is 6.73. The Morgan fingerprint density at radius 3 is 2.76 bits per heavy atom. The molecule has 0 aliphatic heterocycles. The first-order valence-electron chi connectivity index (χ1n) is 5.97. The van der Waals surface area contributed by atoms with Crippen LogP contribution in [-0.4, -0.2) is 15.5 Å². The van der Waals surface area contributed by atoms with Gasteiger partial charge >= 0.3 is 5.69 Å². The topological polar surface area (TPSA) is 84.0 Å². The van der Waals surface area contributed by atoms with Gasteiger partial charge in [0.2, 0.25) is 5.91 Å². The summed E-state index contributed by atoms with van der Waals surface area (Å²) in [5.41, 5.74) is -0.397. The number of halogens is 2. The minimum Gasteiger partial charge on any atom is -0.350 e. The molecule has 1 heterocycles. The van der Waals surface area contributed by atoms with E-state index in [0.717, 1.165) is 10.1 Å². The van der Waals surface area contributed by atoms with Crippen LogP contribution in [0.3, 0.4) is 0 Å². The van der Waals surface area contributed by atoms with Crippen molar-refractivity contribution in [1.82, 2.24) is 14.9 Å². The van der Waals surface area contributed by atoms with Crippen LogP contribution in [0.5, 0.6) is 0 Å². The number of H-pyrrole nitrogens is 1. The van der Waals surface area contributed by atoms with Crippen molar-refractivity contribution in [2.24, 2.45) is 0 Å². The van der Waals surface area contributed by atoms with Crippen LogP contribution in [0.15, 0.2) is 44.5 Å². The van der Waals surface area contributed by atoms with Crippen LogP contribution in [-0.2, 0) is 17.9 Å². The number of nitrogens with one attached hydrogen (secondary N) is 2. The first-order chi connectivity index (χ1) is 9.97. The van der Waals surface area contributed by atoms with Gasteiger partial charge in [0.1, 0.15) is 6.54 Å². The lowest BCUT2D eigenvalue weighted by Gasteiger charge is -2.08. The molecular formula is C13H11BrClN3O3. The standard InChI is InChI=1S/C13H11BrClN3O3/c14-9-6-18(13(21)17-12(9)20)7-11(19)16-5-8-3-1-2-4-10(8)15/h1-4,6H,5,7H2,(H,16,19)(H,17,20,21). The van der Waals surface area contributed by atoms with Crippen molar-refractivity contribution in [3.8, 4) is 0 Å². The highest BCUT2D eigenvalue weighted by Gasteiger charge is 2.08. The number of aromatic nitrogens is 2. The number of hydrogen-bond donors (Lipinski definition) is 2. The second-order valence-electron chi connectivity index (χ2n) is 4.23. The fraction of sp³-hybridized carbons (Fsp3) is 0.154. The molecule has 0 radical (unpaired) electrons. The Balaban J connectivity index is 2.03. The Labute approximate surface area is 132 Å². The van der Waals surface area contributed by atoms with Crippen LogP contribution in [0, 0.1) is 0 Å². The lowest BCUT2D eigenvalue weighted by molar-refractivity contribution is -0.121.